The van der Waals surface area contributed by atoms with Crippen LogP contribution in [0, 0.1) is 5.92 Å². The van der Waals surface area contributed by atoms with Crippen molar-refractivity contribution < 1.29 is 23.9 Å². The Bertz CT molecular complexity index is 1140. The summed E-state index contributed by atoms with van der Waals surface area (Å²) in [4.78, 5) is 54.0. The molecule has 9 heteroatoms. The molecule has 0 aromatic heterocycles. The van der Waals surface area contributed by atoms with Crippen molar-refractivity contribution >= 4 is 40.8 Å². The zero-order valence-electron chi connectivity index (χ0n) is 19.5. The van der Waals surface area contributed by atoms with Crippen LogP contribution in [-0.4, -0.2) is 53.4 Å². The number of carbonyl (C=O) groups is 4. The van der Waals surface area contributed by atoms with Crippen molar-refractivity contribution in [2.45, 2.75) is 50.9 Å². The number of hydrogen-bond donors (Lipinski definition) is 2. The first kappa shape index (κ1) is 23.0. The van der Waals surface area contributed by atoms with Gasteiger partial charge < -0.3 is 20.3 Å². The van der Waals surface area contributed by atoms with E-state index in [0.29, 0.717) is 17.1 Å². The molecule has 2 heterocycles. The highest BCUT2D eigenvalue weighted by Gasteiger charge is 2.58. The van der Waals surface area contributed by atoms with Gasteiger partial charge in [-0.05, 0) is 49.2 Å². The number of rotatable bonds is 5. The molecule has 5 rings (SSSR count). The van der Waals surface area contributed by atoms with Gasteiger partial charge in [-0.15, -0.1) is 0 Å². The van der Waals surface area contributed by atoms with E-state index in [2.05, 4.69) is 10.6 Å². The number of hydrogen-bond acceptors (Lipinski definition) is 5. The van der Waals surface area contributed by atoms with Crippen LogP contribution in [0.4, 0.5) is 21.9 Å². The molecule has 5 amide bonds. The highest BCUT2D eigenvalue weighted by molar-refractivity contribution is 6.18. The Kier molecular flexibility index (Phi) is 6.25. The second-order valence-corrected chi connectivity index (χ2v) is 9.26. The van der Waals surface area contributed by atoms with Gasteiger partial charge in [0.15, 0.2) is 6.10 Å². The molecule has 4 unspecified atom stereocenters. The van der Waals surface area contributed by atoms with E-state index >= 15 is 0 Å². The standard InChI is InChI=1S/C26H28N4O5/c1-16(31)27-17-11-13-18(14-12-17)28-22(32)15-29-23-20-9-5-6-10-21(20)35-24(23)25(33)30(26(29)34)19-7-3-2-4-8-19/h2-4,7-8,11-14,20-21,23-24H,5-6,9-10,15H2,1H3,(H,27,31)(H,28,32). The molecule has 3 fully saturated rings. The Morgan fingerprint density at radius 2 is 1.60 bits per heavy atom. The predicted molar refractivity (Wildman–Crippen MR) is 130 cm³/mol. The van der Waals surface area contributed by atoms with E-state index in [4.69, 9.17) is 4.74 Å². The Labute approximate surface area is 203 Å². The minimum atomic E-state index is -0.786. The van der Waals surface area contributed by atoms with Gasteiger partial charge in [0.1, 0.15) is 6.54 Å². The van der Waals surface area contributed by atoms with Gasteiger partial charge in [0.2, 0.25) is 11.8 Å². The number of amides is 5. The quantitative estimate of drug-likeness (QED) is 0.688. The van der Waals surface area contributed by atoms with Gasteiger partial charge in [-0.1, -0.05) is 31.0 Å². The van der Waals surface area contributed by atoms with Crippen LogP contribution in [0.3, 0.4) is 0 Å². The fourth-order valence-electron chi connectivity index (χ4n) is 5.44. The molecule has 1 saturated carbocycles. The smallest absolute Gasteiger partial charge is 0.332 e. The van der Waals surface area contributed by atoms with E-state index in [1.807, 2.05) is 6.07 Å². The molecule has 2 N–H and O–H groups in total. The maximum atomic E-state index is 13.6. The molecular formula is C26H28N4O5. The summed E-state index contributed by atoms with van der Waals surface area (Å²) in [6.45, 7) is 1.22. The third-order valence-corrected chi connectivity index (χ3v) is 6.90. The Morgan fingerprint density at radius 3 is 2.29 bits per heavy atom. The highest BCUT2D eigenvalue weighted by Crippen LogP contribution is 2.43. The van der Waals surface area contributed by atoms with E-state index in [1.165, 1.54) is 11.8 Å². The lowest BCUT2D eigenvalue weighted by Gasteiger charge is -2.42. The first-order valence-electron chi connectivity index (χ1n) is 11.9. The lowest BCUT2D eigenvalue weighted by molar-refractivity contribution is -0.133. The summed E-state index contributed by atoms with van der Waals surface area (Å²) in [6, 6.07) is 14.5. The number of benzene rings is 2. The number of carbonyl (C=O) groups excluding carboxylic acids is 4. The molecule has 9 nitrogen and oxygen atoms in total. The van der Waals surface area contributed by atoms with Crippen LogP contribution < -0.4 is 15.5 Å². The SMILES string of the molecule is CC(=O)Nc1ccc(NC(=O)CN2C(=O)N(c3ccccc3)C(=O)C3OC4CCCCC4C32)cc1. The predicted octanol–water partition coefficient (Wildman–Crippen LogP) is 3.38. The van der Waals surface area contributed by atoms with Crippen LogP contribution in [0.2, 0.25) is 0 Å². The maximum Gasteiger partial charge on any atom is 0.332 e. The summed E-state index contributed by atoms with van der Waals surface area (Å²) in [6.07, 6.45) is 2.88. The minimum absolute atomic E-state index is 0.0318. The van der Waals surface area contributed by atoms with E-state index < -0.39 is 18.2 Å². The van der Waals surface area contributed by atoms with Crippen LogP contribution in [0.25, 0.3) is 0 Å². The summed E-state index contributed by atoms with van der Waals surface area (Å²) < 4.78 is 6.21. The van der Waals surface area contributed by atoms with Gasteiger partial charge in [0, 0.05) is 24.2 Å². The Balaban J connectivity index is 1.38. The number of nitrogens with zero attached hydrogens (tertiary/aromatic N) is 2. The first-order chi connectivity index (χ1) is 16.9. The molecular weight excluding hydrogens is 448 g/mol. The van der Waals surface area contributed by atoms with Crippen LogP contribution in [-0.2, 0) is 19.1 Å². The van der Waals surface area contributed by atoms with Crippen molar-refractivity contribution in [1.82, 2.24) is 4.90 Å². The molecule has 2 aromatic rings. The molecule has 2 aromatic carbocycles. The number of fused-ring (bicyclic) bond motifs is 3. The number of nitrogens with one attached hydrogen (secondary N) is 2. The van der Waals surface area contributed by atoms with Gasteiger partial charge in [0.05, 0.1) is 17.8 Å². The molecule has 182 valence electrons. The summed E-state index contributed by atoms with van der Waals surface area (Å²) >= 11 is 0. The Hall–Kier alpha value is -3.72. The fraction of sp³-hybridized carbons (Fsp3) is 0.385. The van der Waals surface area contributed by atoms with Crippen molar-refractivity contribution in [3.05, 3.63) is 54.6 Å². The van der Waals surface area contributed by atoms with Crippen molar-refractivity contribution in [2.24, 2.45) is 5.92 Å². The molecule has 2 saturated heterocycles. The molecule has 3 aliphatic rings. The molecule has 35 heavy (non-hydrogen) atoms. The van der Waals surface area contributed by atoms with Crippen LogP contribution in [0.15, 0.2) is 54.6 Å². The molecule has 0 spiro atoms. The highest BCUT2D eigenvalue weighted by atomic mass is 16.5. The van der Waals surface area contributed by atoms with Gasteiger partial charge in [-0.3, -0.25) is 14.4 Å². The first-order valence-corrected chi connectivity index (χ1v) is 11.9. The molecule has 0 radical (unpaired) electrons. The Morgan fingerprint density at radius 1 is 0.943 bits per heavy atom. The molecule has 4 atom stereocenters. The topological polar surface area (TPSA) is 108 Å². The third kappa shape index (κ3) is 4.51. The fourth-order valence-corrected chi connectivity index (χ4v) is 5.44. The largest absolute Gasteiger partial charge is 0.363 e. The molecule has 1 aliphatic carbocycles. The molecule has 0 bridgehead atoms. The second-order valence-electron chi connectivity index (χ2n) is 9.26. The van der Waals surface area contributed by atoms with E-state index in [-0.39, 0.29) is 36.3 Å². The zero-order chi connectivity index (χ0) is 24.5. The summed E-state index contributed by atoms with van der Waals surface area (Å²) in [5.41, 5.74) is 1.62. The van der Waals surface area contributed by atoms with Crippen molar-refractivity contribution in [2.75, 3.05) is 22.1 Å². The zero-order valence-corrected chi connectivity index (χ0v) is 19.5. The number of ether oxygens (including phenoxy) is 1. The van der Waals surface area contributed by atoms with Crippen molar-refractivity contribution in [3.8, 4) is 0 Å². The number of urea groups is 1. The van der Waals surface area contributed by atoms with Gasteiger partial charge in [-0.2, -0.15) is 0 Å². The number of anilines is 3. The lowest BCUT2D eigenvalue weighted by atomic mass is 9.81. The van der Waals surface area contributed by atoms with Gasteiger partial charge in [0.25, 0.3) is 5.91 Å². The van der Waals surface area contributed by atoms with Gasteiger partial charge in [-0.25, -0.2) is 9.69 Å². The van der Waals surface area contributed by atoms with Crippen LogP contribution >= 0.6 is 0 Å². The van der Waals surface area contributed by atoms with E-state index in [9.17, 15) is 19.2 Å². The monoisotopic (exact) mass is 476 g/mol. The number of imide groups is 1. The van der Waals surface area contributed by atoms with Gasteiger partial charge >= 0.3 is 6.03 Å². The third-order valence-electron chi connectivity index (χ3n) is 6.90. The van der Waals surface area contributed by atoms with E-state index in [1.54, 1.807) is 48.5 Å². The minimum Gasteiger partial charge on any atom is -0.363 e. The average Bonchev–Trinajstić information content (AvgIpc) is 3.23. The van der Waals surface area contributed by atoms with Crippen molar-refractivity contribution in [1.29, 1.82) is 0 Å². The summed E-state index contributed by atoms with van der Waals surface area (Å²) in [7, 11) is 0. The maximum absolute atomic E-state index is 13.6. The van der Waals surface area contributed by atoms with Crippen molar-refractivity contribution in [3.63, 3.8) is 0 Å². The summed E-state index contributed by atoms with van der Waals surface area (Å²) in [5, 5.41) is 5.50. The van der Waals surface area contributed by atoms with E-state index in [0.717, 1.165) is 30.6 Å². The second kappa shape index (κ2) is 9.50. The normalized spacial score (nSPS) is 25.6. The van der Waals surface area contributed by atoms with Crippen LogP contribution in [0.5, 0.6) is 0 Å². The van der Waals surface area contributed by atoms with Crippen LogP contribution in [0.1, 0.15) is 32.6 Å². The summed E-state index contributed by atoms with van der Waals surface area (Å²) in [5.74, 6) is -0.890. The average molecular weight is 477 g/mol. The number of para-hydroxylation sites is 1. The molecule has 2 aliphatic heterocycles. The lowest BCUT2D eigenvalue weighted by Crippen LogP contribution is -2.65.